The van der Waals surface area contributed by atoms with Crippen LogP contribution in [0.3, 0.4) is 0 Å². The first kappa shape index (κ1) is 24.9. The largest absolute Gasteiger partial charge is 0.347 e. The van der Waals surface area contributed by atoms with E-state index in [9.17, 15) is 0 Å². The molecule has 4 aromatic carbocycles. The molecule has 5 heteroatoms. The molecule has 0 amide bonds. The van der Waals surface area contributed by atoms with E-state index in [2.05, 4.69) is 108 Å². The molecule has 7 rings (SSSR count). The van der Waals surface area contributed by atoms with Crippen LogP contribution < -0.4 is 10.6 Å². The van der Waals surface area contributed by atoms with Crippen molar-refractivity contribution in [2.75, 3.05) is 0 Å². The number of nitrogens with zero attached hydrogens (tertiary/aromatic N) is 1. The lowest BCUT2D eigenvalue weighted by molar-refractivity contribution is 0.0268. The molecule has 2 N–H and O–H groups in total. The third-order valence-corrected chi connectivity index (χ3v) is 7.74. The predicted molar refractivity (Wildman–Crippen MR) is 155 cm³/mol. The van der Waals surface area contributed by atoms with Gasteiger partial charge in [-0.1, -0.05) is 127 Å². The summed E-state index contributed by atoms with van der Waals surface area (Å²) in [5.41, 5.74) is 6.32. The molecule has 6 atom stereocenters. The minimum Gasteiger partial charge on any atom is -0.347 e. The molecule has 2 fully saturated rings. The number of hydrogen-bond donors (Lipinski definition) is 2. The summed E-state index contributed by atoms with van der Waals surface area (Å²) in [4.78, 5) is 5.07. The van der Waals surface area contributed by atoms with Gasteiger partial charge in [0.05, 0.1) is 23.5 Å². The first-order chi connectivity index (χ1) is 19.8. The van der Waals surface area contributed by atoms with Crippen LogP contribution in [-0.2, 0) is 9.47 Å². The summed E-state index contributed by atoms with van der Waals surface area (Å²) < 4.78 is 13.3. The van der Waals surface area contributed by atoms with E-state index in [-0.39, 0.29) is 36.7 Å². The molecule has 3 heterocycles. The Morgan fingerprint density at radius 2 is 0.750 bits per heavy atom. The van der Waals surface area contributed by atoms with Gasteiger partial charge in [0.1, 0.15) is 12.2 Å². The van der Waals surface area contributed by atoms with Crippen molar-refractivity contribution >= 4 is 0 Å². The molecule has 198 valence electrons. The molecule has 0 spiro atoms. The molecule has 0 bridgehead atoms. The number of rotatable bonds is 6. The van der Waals surface area contributed by atoms with E-state index >= 15 is 0 Å². The summed E-state index contributed by atoms with van der Waals surface area (Å²) in [5, 5.41) is 7.43. The molecule has 0 radical (unpaired) electrons. The Morgan fingerprint density at radius 3 is 1.12 bits per heavy atom. The maximum absolute atomic E-state index is 6.66. The zero-order valence-electron chi connectivity index (χ0n) is 22.0. The lowest BCUT2D eigenvalue weighted by atomic mass is 9.96. The summed E-state index contributed by atoms with van der Waals surface area (Å²) in [5.74, 6) is 0. The Kier molecular flexibility index (Phi) is 6.94. The maximum Gasteiger partial charge on any atom is 0.152 e. The van der Waals surface area contributed by atoms with E-state index < -0.39 is 0 Å². The number of pyridine rings is 1. The van der Waals surface area contributed by atoms with Crippen molar-refractivity contribution in [1.29, 1.82) is 0 Å². The van der Waals surface area contributed by atoms with Crippen LogP contribution in [0.5, 0.6) is 0 Å². The van der Waals surface area contributed by atoms with Gasteiger partial charge in [0.15, 0.2) is 12.5 Å². The molecule has 0 aliphatic carbocycles. The highest BCUT2D eigenvalue weighted by Crippen LogP contribution is 2.44. The minimum absolute atomic E-state index is 0.00448. The van der Waals surface area contributed by atoms with E-state index in [4.69, 9.17) is 14.5 Å². The number of aromatic nitrogens is 1. The van der Waals surface area contributed by atoms with Crippen LogP contribution in [0.1, 0.15) is 70.4 Å². The lowest BCUT2D eigenvalue weighted by Crippen LogP contribution is -2.22. The van der Waals surface area contributed by atoms with Crippen molar-refractivity contribution in [2.45, 2.75) is 36.7 Å². The van der Waals surface area contributed by atoms with Crippen LogP contribution in [0.4, 0.5) is 0 Å². The Balaban J connectivity index is 1.18. The van der Waals surface area contributed by atoms with E-state index in [1.807, 2.05) is 42.5 Å². The van der Waals surface area contributed by atoms with E-state index in [1.54, 1.807) is 0 Å². The van der Waals surface area contributed by atoms with Gasteiger partial charge in [-0.15, -0.1) is 0 Å². The SMILES string of the molecule is c1ccc([C@H]2OC(c3cccc(C4N[C@@H](c5ccccc5)[C@@H](c5ccccc5)O4)n3)N[C@H]2c2ccccc2)cc1. The van der Waals surface area contributed by atoms with Crippen molar-refractivity contribution in [2.24, 2.45) is 0 Å². The molecule has 2 aliphatic heterocycles. The average molecular weight is 526 g/mol. The van der Waals surface area contributed by atoms with Crippen molar-refractivity contribution < 1.29 is 9.47 Å². The molecule has 2 unspecified atom stereocenters. The van der Waals surface area contributed by atoms with E-state index in [1.165, 1.54) is 11.1 Å². The number of ether oxygens (including phenoxy) is 2. The van der Waals surface area contributed by atoms with Crippen LogP contribution in [0.2, 0.25) is 0 Å². The molecule has 5 aromatic rings. The maximum atomic E-state index is 6.66. The van der Waals surface area contributed by atoms with Gasteiger partial charge in [-0.2, -0.15) is 0 Å². The fourth-order valence-electron chi connectivity index (χ4n) is 5.79. The van der Waals surface area contributed by atoms with Crippen molar-refractivity contribution in [3.63, 3.8) is 0 Å². The van der Waals surface area contributed by atoms with Crippen LogP contribution >= 0.6 is 0 Å². The zero-order chi connectivity index (χ0) is 26.7. The average Bonchev–Trinajstić information content (AvgIpc) is 3.69. The van der Waals surface area contributed by atoms with Gasteiger partial charge in [0.25, 0.3) is 0 Å². The van der Waals surface area contributed by atoms with Gasteiger partial charge >= 0.3 is 0 Å². The fourth-order valence-corrected chi connectivity index (χ4v) is 5.79. The van der Waals surface area contributed by atoms with E-state index in [0.29, 0.717) is 0 Å². The minimum atomic E-state index is -0.355. The summed E-state index contributed by atoms with van der Waals surface area (Å²) in [6, 6.07) is 47.8. The lowest BCUT2D eigenvalue weighted by Gasteiger charge is -2.18. The van der Waals surface area contributed by atoms with Crippen molar-refractivity contribution in [1.82, 2.24) is 15.6 Å². The molecule has 40 heavy (non-hydrogen) atoms. The highest BCUT2D eigenvalue weighted by atomic mass is 16.5. The first-order valence-electron chi connectivity index (χ1n) is 13.8. The number of hydrogen-bond acceptors (Lipinski definition) is 5. The summed E-state index contributed by atoms with van der Waals surface area (Å²) >= 11 is 0. The zero-order valence-corrected chi connectivity index (χ0v) is 22.0. The summed E-state index contributed by atoms with van der Waals surface area (Å²) in [7, 11) is 0. The summed E-state index contributed by atoms with van der Waals surface area (Å²) in [6.45, 7) is 0. The molecule has 5 nitrogen and oxygen atoms in total. The Bertz CT molecular complexity index is 1320. The Hall–Kier alpha value is -4.13. The first-order valence-corrected chi connectivity index (χ1v) is 13.8. The number of nitrogens with one attached hydrogen (secondary N) is 2. The molecular weight excluding hydrogens is 494 g/mol. The Morgan fingerprint density at radius 1 is 0.400 bits per heavy atom. The molecule has 0 saturated carbocycles. The van der Waals surface area contributed by atoms with Crippen LogP contribution in [0.25, 0.3) is 0 Å². The van der Waals surface area contributed by atoms with Gasteiger partial charge in [-0.25, -0.2) is 4.98 Å². The van der Waals surface area contributed by atoms with Crippen LogP contribution in [-0.4, -0.2) is 4.98 Å². The van der Waals surface area contributed by atoms with Crippen LogP contribution in [0, 0.1) is 0 Å². The van der Waals surface area contributed by atoms with Gasteiger partial charge in [-0.05, 0) is 34.4 Å². The normalized spacial score (nSPS) is 26.1. The third-order valence-electron chi connectivity index (χ3n) is 7.74. The third kappa shape index (κ3) is 4.96. The van der Waals surface area contributed by atoms with Crippen molar-refractivity contribution in [3.05, 3.63) is 173 Å². The second-order valence-electron chi connectivity index (χ2n) is 10.3. The number of benzene rings is 4. The van der Waals surface area contributed by atoms with Gasteiger partial charge < -0.3 is 9.47 Å². The van der Waals surface area contributed by atoms with E-state index in [0.717, 1.165) is 22.5 Å². The smallest absolute Gasteiger partial charge is 0.152 e. The molecule has 1 aromatic heterocycles. The van der Waals surface area contributed by atoms with Crippen molar-refractivity contribution in [3.8, 4) is 0 Å². The monoisotopic (exact) mass is 525 g/mol. The van der Waals surface area contributed by atoms with Gasteiger partial charge in [-0.3, -0.25) is 10.6 Å². The molecule has 2 aliphatic rings. The van der Waals surface area contributed by atoms with Gasteiger partial charge in [0, 0.05) is 0 Å². The standard InChI is InChI=1S/C35H31N3O2/c1-5-14-24(15-6-1)30-32(26-18-9-3-10-19-26)39-34(37-30)28-22-13-23-29(36-28)35-38-31(25-16-7-2-8-17-25)33(40-35)27-20-11-4-12-21-27/h1-23,30-35,37-38H/t30-,31-,32+,33+,34?,35?/m0/s1. The van der Waals surface area contributed by atoms with Crippen LogP contribution in [0.15, 0.2) is 140 Å². The Labute approximate surface area is 234 Å². The predicted octanol–water partition coefficient (Wildman–Crippen LogP) is 7.28. The van der Waals surface area contributed by atoms with Gasteiger partial charge in [0.2, 0.25) is 0 Å². The fraction of sp³-hybridized carbons (Fsp3) is 0.171. The summed E-state index contributed by atoms with van der Waals surface area (Å²) in [6.07, 6.45) is -0.979. The highest BCUT2D eigenvalue weighted by Gasteiger charge is 2.40. The highest BCUT2D eigenvalue weighted by molar-refractivity contribution is 5.31. The second kappa shape index (κ2) is 11.2. The molecular formula is C35H31N3O2. The molecule has 2 saturated heterocycles. The topological polar surface area (TPSA) is 55.4 Å². The quantitative estimate of drug-likeness (QED) is 0.244. The second-order valence-corrected chi connectivity index (χ2v) is 10.3.